The Labute approximate surface area is 185 Å². The van der Waals surface area contributed by atoms with E-state index in [1.807, 2.05) is 37.8 Å². The molecule has 0 saturated heterocycles. The van der Waals surface area contributed by atoms with Crippen LogP contribution in [0.2, 0.25) is 0 Å². The number of carbonyl (C=O) groups is 2. The zero-order chi connectivity index (χ0) is 21.9. The van der Waals surface area contributed by atoms with Crippen molar-refractivity contribution in [2.24, 2.45) is 11.8 Å². The Balaban J connectivity index is 1.21. The highest BCUT2D eigenvalue weighted by atomic mass is 16.6. The zero-order valence-corrected chi connectivity index (χ0v) is 19.0. The summed E-state index contributed by atoms with van der Waals surface area (Å²) < 4.78 is 5.70. The van der Waals surface area contributed by atoms with Crippen molar-refractivity contribution in [1.29, 1.82) is 0 Å². The van der Waals surface area contributed by atoms with Gasteiger partial charge in [-0.25, -0.2) is 4.79 Å². The first-order valence-electron chi connectivity index (χ1n) is 11.8. The molecule has 0 radical (unpaired) electrons. The van der Waals surface area contributed by atoms with Crippen molar-refractivity contribution in [2.45, 2.75) is 89.1 Å². The van der Waals surface area contributed by atoms with Crippen molar-refractivity contribution in [3.05, 3.63) is 35.4 Å². The van der Waals surface area contributed by atoms with E-state index in [0.29, 0.717) is 31.5 Å². The number of nitrogens with one attached hydrogen (secondary N) is 2. The van der Waals surface area contributed by atoms with Crippen LogP contribution in [0.25, 0.3) is 0 Å². The van der Waals surface area contributed by atoms with E-state index < -0.39 is 5.60 Å². The summed E-state index contributed by atoms with van der Waals surface area (Å²) in [5.41, 5.74) is 1.84. The molecule has 4 atom stereocenters. The predicted octanol–water partition coefficient (Wildman–Crippen LogP) is 3.73. The molecule has 1 aromatic rings. The van der Waals surface area contributed by atoms with Crippen LogP contribution in [0, 0.1) is 11.8 Å². The number of alkyl carbamates (subject to hydrolysis) is 1. The van der Waals surface area contributed by atoms with Gasteiger partial charge in [0.25, 0.3) is 0 Å². The first-order valence-corrected chi connectivity index (χ1v) is 11.8. The summed E-state index contributed by atoms with van der Waals surface area (Å²) in [6.45, 7) is 7.72. The first-order chi connectivity index (χ1) is 14.7. The van der Waals surface area contributed by atoms with E-state index >= 15 is 0 Å². The number of amides is 2. The van der Waals surface area contributed by atoms with E-state index in [4.69, 9.17) is 4.74 Å². The Morgan fingerprint density at radius 3 is 2.55 bits per heavy atom. The molecular weight excluding hydrogens is 390 g/mol. The Hall–Kier alpha value is -2.08. The van der Waals surface area contributed by atoms with Gasteiger partial charge in [0.05, 0.1) is 6.54 Å². The summed E-state index contributed by atoms with van der Waals surface area (Å²) in [6, 6.07) is 8.30. The fourth-order valence-corrected chi connectivity index (χ4v) is 6.74. The lowest BCUT2D eigenvalue weighted by Crippen LogP contribution is -2.56. The fraction of sp³-hybridized carbons (Fsp3) is 0.680. The van der Waals surface area contributed by atoms with E-state index in [0.717, 1.165) is 32.1 Å². The lowest BCUT2D eigenvalue weighted by molar-refractivity contribution is -0.131. The third-order valence-corrected chi connectivity index (χ3v) is 8.40. The van der Waals surface area contributed by atoms with Crippen LogP contribution >= 0.6 is 0 Å². The van der Waals surface area contributed by atoms with E-state index in [1.165, 1.54) is 17.5 Å². The second-order valence-corrected chi connectivity index (χ2v) is 11.0. The minimum absolute atomic E-state index is 0.0401. The number of fused-ring (bicyclic) bond motifs is 1. The van der Waals surface area contributed by atoms with Gasteiger partial charge in [-0.05, 0) is 75.3 Å². The maximum absolute atomic E-state index is 12.9. The number of hydrogen-bond acceptors (Lipinski definition) is 4. The monoisotopic (exact) mass is 425 g/mol. The van der Waals surface area contributed by atoms with E-state index in [2.05, 4.69) is 22.8 Å². The number of rotatable bonds is 6. The number of carbonyl (C=O) groups excluding carboxylic acids is 2. The summed E-state index contributed by atoms with van der Waals surface area (Å²) in [6.07, 6.45) is 5.75. The van der Waals surface area contributed by atoms with Gasteiger partial charge in [0.1, 0.15) is 5.60 Å². The fourth-order valence-electron chi connectivity index (χ4n) is 6.74. The van der Waals surface area contributed by atoms with Crippen LogP contribution in [0.4, 0.5) is 4.79 Å². The zero-order valence-electron chi connectivity index (χ0n) is 19.0. The minimum atomic E-state index is -0.452. The predicted molar refractivity (Wildman–Crippen MR) is 118 cm³/mol. The molecule has 4 fully saturated rings. The van der Waals surface area contributed by atoms with Crippen molar-refractivity contribution >= 4 is 12.0 Å². The smallest absolute Gasteiger partial charge is 0.408 e. The average molecular weight is 426 g/mol. The average Bonchev–Trinajstić information content (AvgIpc) is 3.31. The van der Waals surface area contributed by atoms with Crippen molar-refractivity contribution < 1.29 is 14.3 Å². The molecule has 168 valence electrons. The van der Waals surface area contributed by atoms with Gasteiger partial charge >= 0.3 is 6.09 Å². The van der Waals surface area contributed by atoms with Gasteiger partial charge in [0.2, 0.25) is 5.91 Å². The summed E-state index contributed by atoms with van der Waals surface area (Å²) in [7, 11) is 0. The first kappa shape index (κ1) is 20.8. The molecule has 1 heterocycles. The molecule has 2 N–H and O–H groups in total. The highest BCUT2D eigenvalue weighted by molar-refractivity contribution is 5.79. The largest absolute Gasteiger partial charge is 0.444 e. The lowest BCUT2D eigenvalue weighted by Gasteiger charge is -2.42. The van der Waals surface area contributed by atoms with Crippen LogP contribution in [0.5, 0.6) is 0 Å². The molecule has 6 heteroatoms. The highest BCUT2D eigenvalue weighted by Crippen LogP contribution is 2.62. The summed E-state index contributed by atoms with van der Waals surface area (Å²) in [5, 5.41) is 6.95. The molecular formula is C25H35N3O3. The molecule has 0 spiro atoms. The Bertz CT molecular complexity index is 875. The van der Waals surface area contributed by atoms with Crippen molar-refractivity contribution in [1.82, 2.24) is 15.5 Å². The molecule has 1 aromatic carbocycles. The Kier molecular flexibility index (Phi) is 4.85. The van der Waals surface area contributed by atoms with Gasteiger partial charge in [-0.1, -0.05) is 31.2 Å². The second-order valence-electron chi connectivity index (χ2n) is 11.0. The number of hydrogen-bond donors (Lipinski definition) is 2. The topological polar surface area (TPSA) is 70.7 Å². The normalized spacial score (nSPS) is 32.9. The SMILES string of the molecule is CCC(C)(C)OC(=O)NC12CC3CC1CC(NCC(=O)N1Cc4ccccc4C1)(C3)C2. The van der Waals surface area contributed by atoms with Crippen molar-refractivity contribution in [3.63, 3.8) is 0 Å². The quantitative estimate of drug-likeness (QED) is 0.729. The maximum Gasteiger partial charge on any atom is 0.408 e. The van der Waals surface area contributed by atoms with Crippen LogP contribution in [0.1, 0.15) is 70.4 Å². The Morgan fingerprint density at radius 1 is 1.16 bits per heavy atom. The highest BCUT2D eigenvalue weighted by Gasteiger charge is 2.64. The standard InChI is InChI=1S/C25H35N3O3/c1-4-23(2,3)31-22(30)27-25-11-17-9-20(25)12-24(10-17,16-25)26-13-21(29)28-14-18-7-5-6-8-19(18)15-28/h5-8,17,20,26H,4,9-16H2,1-3H3,(H,27,30). The van der Waals surface area contributed by atoms with Gasteiger partial charge in [-0.2, -0.15) is 0 Å². The van der Waals surface area contributed by atoms with Gasteiger partial charge in [-0.3, -0.25) is 4.79 Å². The summed E-state index contributed by atoms with van der Waals surface area (Å²) >= 11 is 0. The van der Waals surface area contributed by atoms with Gasteiger partial charge in [0.15, 0.2) is 0 Å². The third-order valence-electron chi connectivity index (χ3n) is 8.40. The molecule has 4 aliphatic carbocycles. The van der Waals surface area contributed by atoms with Crippen LogP contribution < -0.4 is 10.6 Å². The molecule has 1 aliphatic heterocycles. The van der Waals surface area contributed by atoms with Crippen molar-refractivity contribution in [3.8, 4) is 0 Å². The maximum atomic E-state index is 12.9. The number of benzene rings is 1. The third kappa shape index (κ3) is 3.73. The van der Waals surface area contributed by atoms with E-state index in [1.54, 1.807) is 0 Å². The van der Waals surface area contributed by atoms with Crippen LogP contribution in [-0.4, -0.2) is 40.1 Å². The van der Waals surface area contributed by atoms with E-state index in [-0.39, 0.29) is 23.1 Å². The van der Waals surface area contributed by atoms with Crippen LogP contribution in [0.15, 0.2) is 24.3 Å². The van der Waals surface area contributed by atoms with Crippen molar-refractivity contribution in [2.75, 3.05) is 6.54 Å². The van der Waals surface area contributed by atoms with Crippen LogP contribution in [-0.2, 0) is 22.6 Å². The molecule has 5 aliphatic rings. The van der Waals surface area contributed by atoms with Crippen LogP contribution in [0.3, 0.4) is 0 Å². The molecule has 4 bridgehead atoms. The lowest BCUT2D eigenvalue weighted by atomic mass is 9.74. The molecule has 0 aromatic heterocycles. The molecule has 4 unspecified atom stereocenters. The molecule has 4 saturated carbocycles. The number of ether oxygens (including phenoxy) is 1. The van der Waals surface area contributed by atoms with Gasteiger partial charge in [-0.15, -0.1) is 0 Å². The molecule has 2 amide bonds. The van der Waals surface area contributed by atoms with E-state index in [9.17, 15) is 9.59 Å². The number of nitrogens with zero attached hydrogens (tertiary/aromatic N) is 1. The summed E-state index contributed by atoms with van der Waals surface area (Å²) in [5.74, 6) is 1.26. The second kappa shape index (κ2) is 7.22. The van der Waals surface area contributed by atoms with Gasteiger partial charge < -0.3 is 20.3 Å². The molecule has 6 rings (SSSR count). The molecule has 31 heavy (non-hydrogen) atoms. The molecule has 6 nitrogen and oxygen atoms in total. The summed E-state index contributed by atoms with van der Waals surface area (Å²) in [4.78, 5) is 27.6. The van der Waals surface area contributed by atoms with Gasteiger partial charge in [0, 0.05) is 24.2 Å². The minimum Gasteiger partial charge on any atom is -0.444 e. The Morgan fingerprint density at radius 2 is 1.87 bits per heavy atom.